The molecule has 1 N–H and O–H groups in total. The van der Waals surface area contributed by atoms with Crippen molar-refractivity contribution in [1.29, 1.82) is 0 Å². The number of sulfonamides is 1. The van der Waals surface area contributed by atoms with Crippen LogP contribution in [0.15, 0.2) is 41.3 Å². The summed E-state index contributed by atoms with van der Waals surface area (Å²) in [5.74, 6) is -0.468. The van der Waals surface area contributed by atoms with Crippen molar-refractivity contribution in [1.82, 2.24) is 4.31 Å². The molecule has 1 amide bonds. The number of carbonyl (C=O) groups excluding carboxylic acids is 1. The first-order chi connectivity index (χ1) is 13.2. The highest BCUT2D eigenvalue weighted by atomic mass is 35.5. The highest BCUT2D eigenvalue weighted by molar-refractivity contribution is 7.89. The van der Waals surface area contributed by atoms with Gasteiger partial charge in [-0.05, 0) is 49.6 Å². The average molecular weight is 462 g/mol. The van der Waals surface area contributed by atoms with Crippen LogP contribution in [0.2, 0.25) is 15.1 Å². The first-order valence-electron chi connectivity index (χ1n) is 8.71. The molecule has 150 valence electrons. The molecular formula is C19H19Cl3N2O3S. The van der Waals surface area contributed by atoms with Crippen LogP contribution in [0, 0.1) is 12.8 Å². The van der Waals surface area contributed by atoms with Gasteiger partial charge in [-0.1, -0.05) is 46.9 Å². The molecule has 3 rings (SSSR count). The van der Waals surface area contributed by atoms with E-state index in [4.69, 9.17) is 34.8 Å². The summed E-state index contributed by atoms with van der Waals surface area (Å²) >= 11 is 18.3. The molecule has 1 heterocycles. The Morgan fingerprint density at radius 1 is 1.04 bits per heavy atom. The summed E-state index contributed by atoms with van der Waals surface area (Å²) in [6.07, 6.45) is 0.799. The van der Waals surface area contributed by atoms with E-state index in [1.165, 1.54) is 16.4 Å². The molecule has 1 aliphatic heterocycles. The lowest BCUT2D eigenvalue weighted by Gasteiger charge is -2.31. The predicted octanol–water partition coefficient (Wildman–Crippen LogP) is 4.99. The minimum Gasteiger partial charge on any atom is -0.325 e. The molecule has 0 atom stereocenters. The van der Waals surface area contributed by atoms with Gasteiger partial charge in [-0.15, -0.1) is 0 Å². The van der Waals surface area contributed by atoms with Gasteiger partial charge >= 0.3 is 0 Å². The Bertz CT molecular complexity index is 983. The second-order valence-electron chi connectivity index (χ2n) is 6.70. The maximum atomic E-state index is 12.9. The number of hydrogen-bond acceptors (Lipinski definition) is 3. The summed E-state index contributed by atoms with van der Waals surface area (Å²) in [4.78, 5) is 12.5. The van der Waals surface area contributed by atoms with Crippen molar-refractivity contribution < 1.29 is 13.2 Å². The standard InChI is InChI=1S/C19H19Cl3N2O3S/c1-12-5-6-17(16(22)11-12)23-19(25)13-7-9-24(10-8-13)28(26,27)18-14(20)3-2-4-15(18)21/h2-6,11,13H,7-10H2,1H3,(H,23,25). The molecule has 0 aliphatic carbocycles. The first kappa shape index (κ1) is 21.4. The van der Waals surface area contributed by atoms with Crippen LogP contribution in [-0.4, -0.2) is 31.7 Å². The van der Waals surface area contributed by atoms with E-state index in [1.807, 2.05) is 13.0 Å². The van der Waals surface area contributed by atoms with E-state index in [1.54, 1.807) is 18.2 Å². The number of nitrogens with zero attached hydrogens (tertiary/aromatic N) is 1. The second kappa shape index (κ2) is 8.59. The highest BCUT2D eigenvalue weighted by Gasteiger charge is 2.34. The van der Waals surface area contributed by atoms with Crippen LogP contribution in [0.4, 0.5) is 5.69 Å². The minimum atomic E-state index is -3.83. The Morgan fingerprint density at radius 3 is 2.21 bits per heavy atom. The van der Waals surface area contributed by atoms with Gasteiger partial charge in [0.15, 0.2) is 0 Å². The summed E-state index contributed by atoms with van der Waals surface area (Å²) < 4.78 is 27.1. The Kier molecular flexibility index (Phi) is 6.57. The summed E-state index contributed by atoms with van der Waals surface area (Å²) in [6, 6.07) is 9.98. The third-order valence-electron chi connectivity index (χ3n) is 4.72. The monoisotopic (exact) mass is 460 g/mol. The van der Waals surface area contributed by atoms with Gasteiger partial charge in [0.2, 0.25) is 15.9 Å². The Labute approximate surface area is 179 Å². The molecule has 1 aliphatic rings. The summed E-state index contributed by atoms with van der Waals surface area (Å²) in [7, 11) is -3.83. The van der Waals surface area contributed by atoms with E-state index < -0.39 is 10.0 Å². The molecule has 0 unspecified atom stereocenters. The lowest BCUT2D eigenvalue weighted by atomic mass is 9.97. The average Bonchev–Trinajstić information content (AvgIpc) is 2.64. The zero-order valence-electron chi connectivity index (χ0n) is 15.1. The Balaban J connectivity index is 1.68. The van der Waals surface area contributed by atoms with Crippen LogP contribution in [0.3, 0.4) is 0 Å². The van der Waals surface area contributed by atoms with Crippen molar-refractivity contribution in [3.8, 4) is 0 Å². The van der Waals surface area contributed by atoms with Crippen molar-refractivity contribution in [3.05, 3.63) is 57.0 Å². The predicted molar refractivity (Wildman–Crippen MR) is 113 cm³/mol. The minimum absolute atomic E-state index is 0.0846. The van der Waals surface area contributed by atoms with Crippen LogP contribution in [0.25, 0.3) is 0 Å². The van der Waals surface area contributed by atoms with Crippen molar-refractivity contribution in [2.45, 2.75) is 24.7 Å². The van der Waals surface area contributed by atoms with Crippen molar-refractivity contribution >= 4 is 56.4 Å². The van der Waals surface area contributed by atoms with Crippen molar-refractivity contribution in [2.24, 2.45) is 5.92 Å². The number of aryl methyl sites for hydroxylation is 1. The Morgan fingerprint density at radius 2 is 1.64 bits per heavy atom. The fraction of sp³-hybridized carbons (Fsp3) is 0.316. The molecule has 5 nitrogen and oxygen atoms in total. The number of amides is 1. The normalized spacial score (nSPS) is 16.1. The number of anilines is 1. The third-order valence-corrected chi connectivity index (χ3v) is 7.89. The third kappa shape index (κ3) is 4.47. The molecule has 0 spiro atoms. The number of benzene rings is 2. The number of piperidine rings is 1. The van der Waals surface area contributed by atoms with Gasteiger partial charge in [0.25, 0.3) is 0 Å². The fourth-order valence-electron chi connectivity index (χ4n) is 3.17. The Hall–Kier alpha value is -1.31. The molecule has 1 fully saturated rings. The van der Waals surface area contributed by atoms with E-state index in [-0.39, 0.29) is 39.9 Å². The molecule has 0 aromatic heterocycles. The maximum Gasteiger partial charge on any atom is 0.246 e. The van der Waals surface area contributed by atoms with Gasteiger partial charge < -0.3 is 5.32 Å². The van der Waals surface area contributed by atoms with Crippen LogP contribution in [-0.2, 0) is 14.8 Å². The van der Waals surface area contributed by atoms with E-state index in [2.05, 4.69) is 5.32 Å². The molecule has 0 saturated carbocycles. The highest BCUT2D eigenvalue weighted by Crippen LogP contribution is 2.33. The van der Waals surface area contributed by atoms with E-state index in [0.717, 1.165) is 5.56 Å². The van der Waals surface area contributed by atoms with Gasteiger partial charge in [0, 0.05) is 19.0 Å². The molecule has 28 heavy (non-hydrogen) atoms. The largest absolute Gasteiger partial charge is 0.325 e. The maximum absolute atomic E-state index is 12.9. The van der Waals surface area contributed by atoms with Gasteiger partial charge in [0.1, 0.15) is 4.90 Å². The smallest absolute Gasteiger partial charge is 0.246 e. The quantitative estimate of drug-likeness (QED) is 0.697. The second-order valence-corrected chi connectivity index (χ2v) is 9.80. The molecule has 0 radical (unpaired) electrons. The van der Waals surface area contributed by atoms with E-state index in [9.17, 15) is 13.2 Å². The number of carbonyl (C=O) groups is 1. The van der Waals surface area contributed by atoms with Gasteiger partial charge in [-0.2, -0.15) is 4.31 Å². The van der Waals surface area contributed by atoms with Crippen molar-refractivity contribution in [2.75, 3.05) is 18.4 Å². The van der Waals surface area contributed by atoms with Crippen LogP contribution < -0.4 is 5.32 Å². The number of rotatable bonds is 4. The zero-order chi connectivity index (χ0) is 20.5. The molecule has 2 aromatic carbocycles. The lowest BCUT2D eigenvalue weighted by Crippen LogP contribution is -2.41. The topological polar surface area (TPSA) is 66.5 Å². The molecule has 9 heteroatoms. The summed E-state index contributed by atoms with van der Waals surface area (Å²) in [5, 5.41) is 3.47. The molecule has 1 saturated heterocycles. The molecule has 0 bridgehead atoms. The van der Waals surface area contributed by atoms with Crippen LogP contribution in [0.5, 0.6) is 0 Å². The lowest BCUT2D eigenvalue weighted by molar-refractivity contribution is -0.120. The van der Waals surface area contributed by atoms with Gasteiger partial charge in [-0.25, -0.2) is 8.42 Å². The van der Waals surface area contributed by atoms with Crippen LogP contribution >= 0.6 is 34.8 Å². The van der Waals surface area contributed by atoms with Gasteiger partial charge in [0.05, 0.1) is 20.8 Å². The summed E-state index contributed by atoms with van der Waals surface area (Å²) in [5.41, 5.74) is 1.55. The van der Waals surface area contributed by atoms with E-state index in [0.29, 0.717) is 23.6 Å². The molecule has 2 aromatic rings. The van der Waals surface area contributed by atoms with Gasteiger partial charge in [-0.3, -0.25) is 4.79 Å². The van der Waals surface area contributed by atoms with Crippen LogP contribution in [0.1, 0.15) is 18.4 Å². The number of hydrogen-bond donors (Lipinski definition) is 1. The fourth-order valence-corrected chi connectivity index (χ4v) is 6.02. The number of nitrogens with one attached hydrogen (secondary N) is 1. The van der Waals surface area contributed by atoms with E-state index >= 15 is 0 Å². The SMILES string of the molecule is Cc1ccc(NC(=O)C2CCN(S(=O)(=O)c3c(Cl)cccc3Cl)CC2)c(Cl)c1. The molecular weight excluding hydrogens is 443 g/mol. The van der Waals surface area contributed by atoms with Crippen molar-refractivity contribution in [3.63, 3.8) is 0 Å². The summed E-state index contributed by atoms with van der Waals surface area (Å²) in [6.45, 7) is 2.34. The first-order valence-corrected chi connectivity index (χ1v) is 11.3. The zero-order valence-corrected chi connectivity index (χ0v) is 18.2. The number of halogens is 3.